The van der Waals surface area contributed by atoms with Crippen molar-refractivity contribution in [3.63, 3.8) is 0 Å². The topological polar surface area (TPSA) is 61.4 Å². The Hall–Kier alpha value is -2.47. The predicted molar refractivity (Wildman–Crippen MR) is 79.5 cm³/mol. The monoisotopic (exact) mass is 306 g/mol. The van der Waals surface area contributed by atoms with Gasteiger partial charge in [-0.15, -0.1) is 0 Å². The lowest BCUT2D eigenvalue weighted by atomic mass is 10.1. The molecular weight excluding hydrogens is 290 g/mol. The molecule has 0 fully saturated rings. The summed E-state index contributed by atoms with van der Waals surface area (Å²) in [5.41, 5.74) is 1.59. The minimum Gasteiger partial charge on any atom is -0.386 e. The molecule has 0 aromatic heterocycles. The summed E-state index contributed by atoms with van der Waals surface area (Å²) < 4.78 is 26.3. The molecule has 116 valence electrons. The highest BCUT2D eigenvalue weighted by molar-refractivity contribution is 5.89. The molecule has 1 atom stereocenters. The van der Waals surface area contributed by atoms with Crippen molar-refractivity contribution in [1.29, 1.82) is 0 Å². The van der Waals surface area contributed by atoms with E-state index >= 15 is 0 Å². The molecule has 0 spiro atoms. The van der Waals surface area contributed by atoms with Crippen molar-refractivity contribution < 1.29 is 18.7 Å². The molecule has 0 saturated carbocycles. The first-order chi connectivity index (χ1) is 10.5. The van der Waals surface area contributed by atoms with Crippen molar-refractivity contribution in [2.75, 3.05) is 11.9 Å². The zero-order valence-corrected chi connectivity index (χ0v) is 11.9. The Labute approximate surface area is 126 Å². The van der Waals surface area contributed by atoms with Gasteiger partial charge in [0.05, 0.1) is 6.10 Å². The maximum Gasteiger partial charge on any atom is 0.319 e. The molecule has 0 aliphatic heterocycles. The van der Waals surface area contributed by atoms with E-state index in [9.17, 15) is 18.7 Å². The second-order valence-corrected chi connectivity index (χ2v) is 4.88. The molecule has 4 nitrogen and oxygen atoms in total. The Morgan fingerprint density at radius 2 is 1.86 bits per heavy atom. The number of carbonyl (C=O) groups excluding carboxylic acids is 1. The molecule has 2 aromatic rings. The van der Waals surface area contributed by atoms with Crippen molar-refractivity contribution >= 4 is 11.7 Å². The van der Waals surface area contributed by atoms with Gasteiger partial charge < -0.3 is 15.7 Å². The van der Waals surface area contributed by atoms with Gasteiger partial charge in [-0.3, -0.25) is 0 Å². The number of amides is 2. The SMILES string of the molecule is Cc1ccc(NC(=O)NCC(O)c2ccc(F)cc2F)cc1. The zero-order valence-electron chi connectivity index (χ0n) is 11.9. The van der Waals surface area contributed by atoms with Gasteiger partial charge in [0.2, 0.25) is 0 Å². The summed E-state index contributed by atoms with van der Waals surface area (Å²) in [5, 5.41) is 14.8. The summed E-state index contributed by atoms with van der Waals surface area (Å²) in [6, 6.07) is 9.53. The van der Waals surface area contributed by atoms with Crippen molar-refractivity contribution in [3.8, 4) is 0 Å². The van der Waals surface area contributed by atoms with Crippen molar-refractivity contribution in [3.05, 3.63) is 65.2 Å². The largest absolute Gasteiger partial charge is 0.386 e. The van der Waals surface area contributed by atoms with Crippen LogP contribution in [0.5, 0.6) is 0 Å². The predicted octanol–water partition coefficient (Wildman–Crippen LogP) is 3.13. The third-order valence-corrected chi connectivity index (χ3v) is 3.09. The second-order valence-electron chi connectivity index (χ2n) is 4.88. The van der Waals surface area contributed by atoms with Crippen LogP contribution in [0.2, 0.25) is 0 Å². The average Bonchev–Trinajstić information content (AvgIpc) is 2.47. The van der Waals surface area contributed by atoms with E-state index in [1.807, 2.05) is 19.1 Å². The number of aliphatic hydroxyl groups excluding tert-OH is 1. The van der Waals surface area contributed by atoms with Gasteiger partial charge in [0.25, 0.3) is 0 Å². The van der Waals surface area contributed by atoms with Gasteiger partial charge in [0, 0.05) is 23.9 Å². The fourth-order valence-electron chi connectivity index (χ4n) is 1.88. The molecule has 6 heteroatoms. The second kappa shape index (κ2) is 7.00. The highest BCUT2D eigenvalue weighted by atomic mass is 19.1. The van der Waals surface area contributed by atoms with E-state index in [0.717, 1.165) is 17.7 Å². The summed E-state index contributed by atoms with van der Waals surface area (Å²) >= 11 is 0. The summed E-state index contributed by atoms with van der Waals surface area (Å²) in [7, 11) is 0. The van der Waals surface area contributed by atoms with E-state index in [4.69, 9.17) is 0 Å². The van der Waals surface area contributed by atoms with Crippen LogP contribution >= 0.6 is 0 Å². The van der Waals surface area contributed by atoms with Crippen LogP contribution < -0.4 is 10.6 Å². The number of rotatable bonds is 4. The molecule has 0 heterocycles. The number of carbonyl (C=O) groups is 1. The minimum absolute atomic E-state index is 0.0722. The first kappa shape index (κ1) is 15.9. The summed E-state index contributed by atoms with van der Waals surface area (Å²) in [4.78, 5) is 11.7. The molecule has 2 rings (SSSR count). The first-order valence-corrected chi connectivity index (χ1v) is 6.70. The molecule has 22 heavy (non-hydrogen) atoms. The Bertz CT molecular complexity index is 660. The number of hydrogen-bond acceptors (Lipinski definition) is 2. The van der Waals surface area contributed by atoms with Gasteiger partial charge in [0.1, 0.15) is 11.6 Å². The Kier molecular flexibility index (Phi) is 5.06. The molecule has 0 bridgehead atoms. The number of nitrogens with one attached hydrogen (secondary N) is 2. The maximum atomic E-state index is 13.5. The number of halogens is 2. The molecule has 0 aliphatic carbocycles. The average molecular weight is 306 g/mol. The van der Waals surface area contributed by atoms with E-state index in [1.165, 1.54) is 0 Å². The van der Waals surface area contributed by atoms with Crippen LogP contribution in [-0.2, 0) is 0 Å². The minimum atomic E-state index is -1.26. The number of aryl methyl sites for hydroxylation is 1. The highest BCUT2D eigenvalue weighted by Crippen LogP contribution is 2.17. The van der Waals surface area contributed by atoms with Gasteiger partial charge in [-0.1, -0.05) is 23.8 Å². The van der Waals surface area contributed by atoms with Gasteiger partial charge >= 0.3 is 6.03 Å². The highest BCUT2D eigenvalue weighted by Gasteiger charge is 2.14. The zero-order chi connectivity index (χ0) is 16.1. The van der Waals surface area contributed by atoms with Crippen molar-refractivity contribution in [2.45, 2.75) is 13.0 Å². The van der Waals surface area contributed by atoms with Crippen LogP contribution in [0.15, 0.2) is 42.5 Å². The third-order valence-electron chi connectivity index (χ3n) is 3.09. The van der Waals surface area contributed by atoms with Crippen LogP contribution in [0, 0.1) is 18.6 Å². The molecule has 0 radical (unpaired) electrons. The van der Waals surface area contributed by atoms with Gasteiger partial charge in [-0.05, 0) is 25.1 Å². The Morgan fingerprint density at radius 1 is 1.18 bits per heavy atom. The number of anilines is 1. The summed E-state index contributed by atoms with van der Waals surface area (Å²) in [6.45, 7) is 1.73. The van der Waals surface area contributed by atoms with Gasteiger partial charge in [-0.2, -0.15) is 0 Å². The smallest absolute Gasteiger partial charge is 0.319 e. The third kappa shape index (κ3) is 4.26. The standard InChI is InChI=1S/C16H16F2N2O2/c1-10-2-5-12(6-3-10)20-16(22)19-9-15(21)13-7-4-11(17)8-14(13)18/h2-8,15,21H,9H2,1H3,(H2,19,20,22). The van der Waals surface area contributed by atoms with E-state index < -0.39 is 23.8 Å². The van der Waals surface area contributed by atoms with Crippen LogP contribution in [-0.4, -0.2) is 17.7 Å². The van der Waals surface area contributed by atoms with Crippen LogP contribution in [0.25, 0.3) is 0 Å². The molecule has 1 unspecified atom stereocenters. The molecule has 3 N–H and O–H groups in total. The van der Waals surface area contributed by atoms with E-state index in [0.29, 0.717) is 11.8 Å². The maximum absolute atomic E-state index is 13.5. The fraction of sp³-hybridized carbons (Fsp3) is 0.188. The van der Waals surface area contributed by atoms with E-state index in [-0.39, 0.29) is 12.1 Å². The van der Waals surface area contributed by atoms with Crippen LogP contribution in [0.3, 0.4) is 0 Å². The lowest BCUT2D eigenvalue weighted by Gasteiger charge is -2.14. The first-order valence-electron chi connectivity index (χ1n) is 6.70. The summed E-state index contributed by atoms with van der Waals surface area (Å²) in [5.74, 6) is -1.58. The molecule has 2 amide bonds. The van der Waals surface area contributed by atoms with Crippen molar-refractivity contribution in [2.24, 2.45) is 0 Å². The normalized spacial score (nSPS) is 11.8. The van der Waals surface area contributed by atoms with Crippen LogP contribution in [0.4, 0.5) is 19.3 Å². The lowest BCUT2D eigenvalue weighted by Crippen LogP contribution is -2.32. The number of aliphatic hydroxyl groups is 1. The Balaban J connectivity index is 1.88. The van der Waals surface area contributed by atoms with Gasteiger partial charge in [-0.25, -0.2) is 13.6 Å². The number of benzene rings is 2. The number of hydrogen-bond donors (Lipinski definition) is 3. The lowest BCUT2D eigenvalue weighted by molar-refractivity contribution is 0.170. The quantitative estimate of drug-likeness (QED) is 0.812. The molecule has 0 aliphatic rings. The van der Waals surface area contributed by atoms with Crippen molar-refractivity contribution in [1.82, 2.24) is 5.32 Å². The van der Waals surface area contributed by atoms with Crippen LogP contribution in [0.1, 0.15) is 17.2 Å². The molecule has 2 aromatic carbocycles. The van der Waals surface area contributed by atoms with E-state index in [2.05, 4.69) is 10.6 Å². The molecular formula is C16H16F2N2O2. The van der Waals surface area contributed by atoms with E-state index in [1.54, 1.807) is 12.1 Å². The molecule has 0 saturated heterocycles. The Morgan fingerprint density at radius 3 is 2.50 bits per heavy atom. The summed E-state index contributed by atoms with van der Waals surface area (Å²) in [6.07, 6.45) is -1.26. The van der Waals surface area contributed by atoms with Gasteiger partial charge in [0.15, 0.2) is 0 Å². The fourth-order valence-corrected chi connectivity index (χ4v) is 1.88. The number of urea groups is 1.